The number of carbonyl (C=O) groups excluding carboxylic acids is 1. The summed E-state index contributed by atoms with van der Waals surface area (Å²) in [4.78, 5) is 22.0. The minimum atomic E-state index is -0.886. The highest BCUT2D eigenvalue weighted by atomic mass is 16.5. The molecule has 0 aromatic heterocycles. The fourth-order valence-corrected chi connectivity index (χ4v) is 1.50. The second-order valence-corrected chi connectivity index (χ2v) is 3.75. The Labute approximate surface area is 106 Å². The zero-order chi connectivity index (χ0) is 13.4. The van der Waals surface area contributed by atoms with Crippen LogP contribution in [0.4, 0.5) is 0 Å². The van der Waals surface area contributed by atoms with Crippen molar-refractivity contribution in [3.63, 3.8) is 0 Å². The van der Waals surface area contributed by atoms with E-state index in [4.69, 9.17) is 9.84 Å². The molecule has 0 unspecified atom stereocenters. The number of rotatable bonds is 7. The van der Waals surface area contributed by atoms with Crippen LogP contribution in [-0.4, -0.2) is 30.2 Å². The van der Waals surface area contributed by atoms with Crippen LogP contribution in [0.2, 0.25) is 0 Å². The molecule has 1 amide bonds. The first-order chi connectivity index (χ1) is 8.63. The maximum atomic E-state index is 11.4. The summed E-state index contributed by atoms with van der Waals surface area (Å²) in [6.07, 6.45) is -0.0441. The number of carbonyl (C=O) groups is 2. The van der Waals surface area contributed by atoms with Crippen LogP contribution in [0.25, 0.3) is 0 Å². The fraction of sp³-hybridized carbons (Fsp3) is 0.385. The average molecular weight is 251 g/mol. The van der Waals surface area contributed by atoms with Gasteiger partial charge in [-0.2, -0.15) is 0 Å². The van der Waals surface area contributed by atoms with Gasteiger partial charge in [0.25, 0.3) is 0 Å². The molecule has 5 nitrogen and oxygen atoms in total. The summed E-state index contributed by atoms with van der Waals surface area (Å²) in [6.45, 7) is 2.64. The predicted molar refractivity (Wildman–Crippen MR) is 66.1 cm³/mol. The lowest BCUT2D eigenvalue weighted by Gasteiger charge is -2.09. The Kier molecular flexibility index (Phi) is 5.87. The van der Waals surface area contributed by atoms with Gasteiger partial charge in [-0.25, -0.2) is 0 Å². The third-order valence-electron chi connectivity index (χ3n) is 2.37. The van der Waals surface area contributed by atoms with Crippen LogP contribution < -0.4 is 5.32 Å². The monoisotopic (exact) mass is 251 g/mol. The molecule has 0 aliphatic heterocycles. The molecule has 1 rings (SSSR count). The van der Waals surface area contributed by atoms with Crippen LogP contribution in [0, 0.1) is 0 Å². The maximum absolute atomic E-state index is 11.4. The molecular formula is C13H17NO4. The number of benzene rings is 1. The minimum Gasteiger partial charge on any atom is -0.481 e. The molecule has 0 aliphatic rings. The van der Waals surface area contributed by atoms with Crippen molar-refractivity contribution in [2.24, 2.45) is 0 Å². The van der Waals surface area contributed by atoms with Crippen LogP contribution in [-0.2, 0) is 27.3 Å². The molecule has 0 fully saturated rings. The minimum absolute atomic E-state index is 0.0254. The van der Waals surface area contributed by atoms with Gasteiger partial charge in [-0.1, -0.05) is 24.3 Å². The Hall–Kier alpha value is -1.88. The van der Waals surface area contributed by atoms with Gasteiger partial charge in [-0.15, -0.1) is 0 Å². The molecule has 0 spiro atoms. The number of aliphatic carboxylic acids is 1. The number of nitrogens with one attached hydrogen (secondary N) is 1. The van der Waals surface area contributed by atoms with Crippen LogP contribution in [0.3, 0.4) is 0 Å². The van der Waals surface area contributed by atoms with Crippen molar-refractivity contribution in [2.45, 2.75) is 19.9 Å². The SMILES string of the molecule is CCOCC(=O)NCc1ccccc1CC(=O)O. The van der Waals surface area contributed by atoms with Crippen molar-refractivity contribution in [1.29, 1.82) is 0 Å². The van der Waals surface area contributed by atoms with Crippen molar-refractivity contribution in [3.05, 3.63) is 35.4 Å². The van der Waals surface area contributed by atoms with Gasteiger partial charge in [-0.05, 0) is 18.1 Å². The molecule has 0 aliphatic carbocycles. The highest BCUT2D eigenvalue weighted by Gasteiger charge is 2.07. The van der Waals surface area contributed by atoms with E-state index in [0.717, 1.165) is 5.56 Å². The zero-order valence-electron chi connectivity index (χ0n) is 10.3. The average Bonchev–Trinajstić information content (AvgIpc) is 2.34. The number of hydrogen-bond donors (Lipinski definition) is 2. The van der Waals surface area contributed by atoms with Crippen LogP contribution in [0.1, 0.15) is 18.1 Å². The van der Waals surface area contributed by atoms with E-state index in [1.165, 1.54) is 0 Å². The van der Waals surface area contributed by atoms with E-state index in [1.54, 1.807) is 18.2 Å². The highest BCUT2D eigenvalue weighted by Crippen LogP contribution is 2.09. The summed E-state index contributed by atoms with van der Waals surface area (Å²) in [7, 11) is 0. The van der Waals surface area contributed by atoms with Crippen molar-refractivity contribution in [3.8, 4) is 0 Å². The Bertz CT molecular complexity index is 417. The van der Waals surface area contributed by atoms with E-state index >= 15 is 0 Å². The molecule has 1 aromatic carbocycles. The van der Waals surface area contributed by atoms with E-state index in [0.29, 0.717) is 18.7 Å². The Morgan fingerprint density at radius 1 is 1.28 bits per heavy atom. The summed E-state index contributed by atoms with van der Waals surface area (Å²) in [5, 5.41) is 11.5. The first-order valence-electron chi connectivity index (χ1n) is 5.76. The summed E-state index contributed by atoms with van der Waals surface area (Å²) in [5.41, 5.74) is 1.52. The zero-order valence-corrected chi connectivity index (χ0v) is 10.3. The lowest BCUT2D eigenvalue weighted by molar-refractivity contribution is -0.136. The largest absolute Gasteiger partial charge is 0.481 e. The van der Waals surface area contributed by atoms with Crippen LogP contribution in [0.15, 0.2) is 24.3 Å². The molecule has 5 heteroatoms. The molecule has 98 valence electrons. The fourth-order valence-electron chi connectivity index (χ4n) is 1.50. The van der Waals surface area contributed by atoms with E-state index in [9.17, 15) is 9.59 Å². The van der Waals surface area contributed by atoms with Gasteiger partial charge >= 0.3 is 5.97 Å². The topological polar surface area (TPSA) is 75.6 Å². The molecule has 0 bridgehead atoms. The number of carboxylic acids is 1. The lowest BCUT2D eigenvalue weighted by atomic mass is 10.0. The van der Waals surface area contributed by atoms with Crippen LogP contribution in [0.5, 0.6) is 0 Å². The second-order valence-electron chi connectivity index (χ2n) is 3.75. The van der Waals surface area contributed by atoms with Gasteiger partial charge in [-0.3, -0.25) is 9.59 Å². The number of carboxylic acid groups (broad SMARTS) is 1. The maximum Gasteiger partial charge on any atom is 0.307 e. The second kappa shape index (κ2) is 7.45. The standard InChI is InChI=1S/C13H17NO4/c1-2-18-9-12(15)14-8-11-6-4-3-5-10(11)7-13(16)17/h3-6H,2,7-9H2,1H3,(H,14,15)(H,16,17). The lowest BCUT2D eigenvalue weighted by Crippen LogP contribution is -2.27. The van der Waals surface area contributed by atoms with Gasteiger partial charge < -0.3 is 15.2 Å². The van der Waals surface area contributed by atoms with E-state index < -0.39 is 5.97 Å². The third-order valence-corrected chi connectivity index (χ3v) is 2.37. The summed E-state index contributed by atoms with van der Waals surface area (Å²) in [6, 6.07) is 7.15. The first-order valence-corrected chi connectivity index (χ1v) is 5.76. The predicted octanol–water partition coefficient (Wildman–Crippen LogP) is 0.966. The third kappa shape index (κ3) is 4.97. The van der Waals surface area contributed by atoms with E-state index in [1.807, 2.05) is 13.0 Å². The van der Waals surface area contributed by atoms with Crippen molar-refractivity contribution >= 4 is 11.9 Å². The van der Waals surface area contributed by atoms with Gasteiger partial charge in [0.1, 0.15) is 6.61 Å². The molecular weight excluding hydrogens is 234 g/mol. The highest BCUT2D eigenvalue weighted by molar-refractivity contribution is 5.77. The molecule has 0 atom stereocenters. The van der Waals surface area contributed by atoms with Crippen molar-refractivity contribution < 1.29 is 19.4 Å². The summed E-state index contributed by atoms with van der Waals surface area (Å²) >= 11 is 0. The quantitative estimate of drug-likeness (QED) is 0.757. The van der Waals surface area contributed by atoms with Crippen LogP contribution >= 0.6 is 0 Å². The summed E-state index contributed by atoms with van der Waals surface area (Å²) < 4.78 is 4.97. The Balaban J connectivity index is 2.55. The normalized spacial score (nSPS) is 10.1. The van der Waals surface area contributed by atoms with E-state index in [-0.39, 0.29) is 18.9 Å². The van der Waals surface area contributed by atoms with Crippen molar-refractivity contribution in [2.75, 3.05) is 13.2 Å². The number of ether oxygens (including phenoxy) is 1. The number of hydrogen-bond acceptors (Lipinski definition) is 3. The Morgan fingerprint density at radius 2 is 1.94 bits per heavy atom. The molecule has 2 N–H and O–H groups in total. The molecule has 0 heterocycles. The smallest absolute Gasteiger partial charge is 0.307 e. The van der Waals surface area contributed by atoms with Crippen molar-refractivity contribution in [1.82, 2.24) is 5.32 Å². The number of amides is 1. The first kappa shape index (κ1) is 14.2. The Morgan fingerprint density at radius 3 is 2.56 bits per heavy atom. The van der Waals surface area contributed by atoms with E-state index in [2.05, 4.69) is 5.32 Å². The molecule has 0 saturated carbocycles. The van der Waals surface area contributed by atoms with Gasteiger partial charge in [0, 0.05) is 13.2 Å². The molecule has 1 aromatic rings. The van der Waals surface area contributed by atoms with Gasteiger partial charge in [0.15, 0.2) is 0 Å². The molecule has 18 heavy (non-hydrogen) atoms. The van der Waals surface area contributed by atoms with Gasteiger partial charge in [0.05, 0.1) is 6.42 Å². The molecule has 0 saturated heterocycles. The summed E-state index contributed by atoms with van der Waals surface area (Å²) in [5.74, 6) is -1.09. The van der Waals surface area contributed by atoms with Gasteiger partial charge in [0.2, 0.25) is 5.91 Å². The molecule has 0 radical (unpaired) electrons.